The Kier molecular flexibility index (Phi) is 3.25. The van der Waals surface area contributed by atoms with Gasteiger partial charge in [-0.2, -0.15) is 0 Å². The van der Waals surface area contributed by atoms with Crippen molar-refractivity contribution in [3.05, 3.63) is 0 Å². The van der Waals surface area contributed by atoms with E-state index in [4.69, 9.17) is 4.74 Å². The topological polar surface area (TPSA) is 58.6 Å². The van der Waals surface area contributed by atoms with Gasteiger partial charge < -0.3 is 15.0 Å². The van der Waals surface area contributed by atoms with Gasteiger partial charge in [0.1, 0.15) is 5.60 Å². The maximum atomic E-state index is 12.0. The number of piperidine rings is 1. The second-order valence-corrected chi connectivity index (χ2v) is 6.33. The van der Waals surface area contributed by atoms with Crippen LogP contribution in [0, 0.1) is 0 Å². The molecule has 18 heavy (non-hydrogen) atoms. The SMILES string of the molecule is CC(C)(C)OC(=O)N1CCC2(CCCC(=O)N2)C1. The fraction of sp³-hybridized carbons (Fsp3) is 0.846. The molecule has 2 rings (SSSR count). The fourth-order valence-electron chi connectivity index (χ4n) is 2.67. The molecule has 0 aromatic rings. The van der Waals surface area contributed by atoms with Crippen molar-refractivity contribution in [1.29, 1.82) is 0 Å². The molecule has 0 aromatic heterocycles. The molecule has 102 valence electrons. The van der Waals surface area contributed by atoms with Crippen molar-refractivity contribution in [3.63, 3.8) is 0 Å². The van der Waals surface area contributed by atoms with Crippen LogP contribution in [0.5, 0.6) is 0 Å². The number of hydrogen-bond acceptors (Lipinski definition) is 3. The van der Waals surface area contributed by atoms with Gasteiger partial charge in [0.05, 0.1) is 5.54 Å². The maximum Gasteiger partial charge on any atom is 0.410 e. The smallest absolute Gasteiger partial charge is 0.410 e. The van der Waals surface area contributed by atoms with Crippen molar-refractivity contribution in [2.24, 2.45) is 0 Å². The monoisotopic (exact) mass is 254 g/mol. The summed E-state index contributed by atoms with van der Waals surface area (Å²) in [6, 6.07) is 0. The van der Waals surface area contributed by atoms with Crippen LogP contribution in [0.4, 0.5) is 4.79 Å². The molecule has 1 N–H and O–H groups in total. The van der Waals surface area contributed by atoms with E-state index in [2.05, 4.69) is 5.32 Å². The van der Waals surface area contributed by atoms with Crippen molar-refractivity contribution in [1.82, 2.24) is 10.2 Å². The Morgan fingerprint density at radius 2 is 2.11 bits per heavy atom. The lowest BCUT2D eigenvalue weighted by molar-refractivity contribution is -0.125. The van der Waals surface area contributed by atoms with Crippen LogP contribution >= 0.6 is 0 Å². The standard InChI is InChI=1S/C13H22N2O3/c1-12(2,3)18-11(17)15-8-7-13(9-15)6-4-5-10(16)14-13/h4-9H2,1-3H3,(H,14,16). The van der Waals surface area contributed by atoms with Crippen LogP contribution < -0.4 is 5.32 Å². The number of hydrogen-bond donors (Lipinski definition) is 1. The van der Waals surface area contributed by atoms with E-state index in [9.17, 15) is 9.59 Å². The van der Waals surface area contributed by atoms with Crippen LogP contribution in [0.25, 0.3) is 0 Å². The van der Waals surface area contributed by atoms with Gasteiger partial charge in [-0.25, -0.2) is 4.79 Å². The zero-order valence-electron chi connectivity index (χ0n) is 11.4. The van der Waals surface area contributed by atoms with Crippen LogP contribution in [0.15, 0.2) is 0 Å². The summed E-state index contributed by atoms with van der Waals surface area (Å²) in [5.74, 6) is 0.104. The first-order valence-corrected chi connectivity index (χ1v) is 6.59. The summed E-state index contributed by atoms with van der Waals surface area (Å²) in [4.78, 5) is 25.1. The average Bonchev–Trinajstić information content (AvgIpc) is 2.59. The minimum Gasteiger partial charge on any atom is -0.444 e. The summed E-state index contributed by atoms with van der Waals surface area (Å²) in [6.07, 6.45) is 3.03. The summed E-state index contributed by atoms with van der Waals surface area (Å²) >= 11 is 0. The van der Waals surface area contributed by atoms with E-state index in [0.29, 0.717) is 19.5 Å². The summed E-state index contributed by atoms with van der Waals surface area (Å²) in [5, 5.41) is 3.05. The van der Waals surface area contributed by atoms with E-state index in [1.165, 1.54) is 0 Å². The van der Waals surface area contributed by atoms with E-state index in [1.54, 1.807) is 4.90 Å². The molecule has 0 aromatic carbocycles. The molecule has 2 amide bonds. The lowest BCUT2D eigenvalue weighted by atomic mass is 9.88. The molecule has 2 aliphatic rings. The Balaban J connectivity index is 1.95. The maximum absolute atomic E-state index is 12.0. The highest BCUT2D eigenvalue weighted by molar-refractivity contribution is 5.78. The summed E-state index contributed by atoms with van der Waals surface area (Å²) in [7, 11) is 0. The minimum absolute atomic E-state index is 0.104. The molecule has 5 nitrogen and oxygen atoms in total. The number of carbonyl (C=O) groups excluding carboxylic acids is 2. The van der Waals surface area contributed by atoms with Crippen molar-refractivity contribution in [2.75, 3.05) is 13.1 Å². The number of carbonyl (C=O) groups is 2. The molecule has 1 unspecified atom stereocenters. The number of nitrogens with one attached hydrogen (secondary N) is 1. The molecule has 0 aliphatic carbocycles. The zero-order valence-corrected chi connectivity index (χ0v) is 11.4. The third-order valence-corrected chi connectivity index (χ3v) is 3.47. The lowest BCUT2D eigenvalue weighted by Gasteiger charge is -2.34. The van der Waals surface area contributed by atoms with E-state index in [-0.39, 0.29) is 17.5 Å². The van der Waals surface area contributed by atoms with Gasteiger partial charge >= 0.3 is 6.09 Å². The third-order valence-electron chi connectivity index (χ3n) is 3.47. The van der Waals surface area contributed by atoms with Crippen molar-refractivity contribution < 1.29 is 14.3 Å². The van der Waals surface area contributed by atoms with Gasteiger partial charge in [-0.05, 0) is 40.0 Å². The molecule has 2 heterocycles. The minimum atomic E-state index is -0.470. The second-order valence-electron chi connectivity index (χ2n) is 6.33. The highest BCUT2D eigenvalue weighted by Crippen LogP contribution is 2.30. The molecule has 2 aliphatic heterocycles. The van der Waals surface area contributed by atoms with Crippen LogP contribution in [-0.4, -0.2) is 41.1 Å². The molecule has 1 spiro atoms. The first-order chi connectivity index (χ1) is 8.30. The van der Waals surface area contributed by atoms with Crippen molar-refractivity contribution >= 4 is 12.0 Å². The zero-order chi connectivity index (χ0) is 13.4. The third kappa shape index (κ3) is 2.94. The summed E-state index contributed by atoms with van der Waals surface area (Å²) in [6.45, 7) is 6.82. The first-order valence-electron chi connectivity index (χ1n) is 6.59. The van der Waals surface area contributed by atoms with Gasteiger partial charge in [-0.1, -0.05) is 0 Å². The Morgan fingerprint density at radius 1 is 1.39 bits per heavy atom. The quantitative estimate of drug-likeness (QED) is 0.715. The van der Waals surface area contributed by atoms with Gasteiger partial charge in [0, 0.05) is 19.5 Å². The van der Waals surface area contributed by atoms with Crippen LogP contribution in [-0.2, 0) is 9.53 Å². The Hall–Kier alpha value is -1.26. The number of amides is 2. The molecular formula is C13H22N2O3. The Bertz CT molecular complexity index is 362. The van der Waals surface area contributed by atoms with Crippen LogP contribution in [0.3, 0.4) is 0 Å². The Morgan fingerprint density at radius 3 is 2.72 bits per heavy atom. The predicted octanol–water partition coefficient (Wildman–Crippen LogP) is 1.67. The molecule has 0 radical (unpaired) electrons. The van der Waals surface area contributed by atoms with E-state index in [1.807, 2.05) is 20.8 Å². The van der Waals surface area contributed by atoms with E-state index in [0.717, 1.165) is 19.3 Å². The van der Waals surface area contributed by atoms with Crippen molar-refractivity contribution in [3.8, 4) is 0 Å². The van der Waals surface area contributed by atoms with Gasteiger partial charge in [0.15, 0.2) is 0 Å². The van der Waals surface area contributed by atoms with Crippen molar-refractivity contribution in [2.45, 2.75) is 57.6 Å². The van der Waals surface area contributed by atoms with Crippen LogP contribution in [0.2, 0.25) is 0 Å². The Labute approximate surface area is 108 Å². The largest absolute Gasteiger partial charge is 0.444 e. The molecule has 1 atom stereocenters. The van der Waals surface area contributed by atoms with E-state index < -0.39 is 5.60 Å². The number of rotatable bonds is 0. The molecule has 5 heteroatoms. The molecule has 0 saturated carbocycles. The molecule has 2 fully saturated rings. The summed E-state index contributed by atoms with van der Waals surface area (Å²) < 4.78 is 5.36. The number of nitrogens with zero attached hydrogens (tertiary/aromatic N) is 1. The van der Waals surface area contributed by atoms with Gasteiger partial charge in [-0.3, -0.25) is 4.79 Å². The molecule has 0 bridgehead atoms. The number of likely N-dealkylation sites (tertiary alicyclic amines) is 1. The fourth-order valence-corrected chi connectivity index (χ4v) is 2.67. The first kappa shape index (κ1) is 13.2. The van der Waals surface area contributed by atoms with Gasteiger partial charge in [0.2, 0.25) is 5.91 Å². The highest BCUT2D eigenvalue weighted by atomic mass is 16.6. The van der Waals surface area contributed by atoms with Crippen LogP contribution in [0.1, 0.15) is 46.5 Å². The van der Waals surface area contributed by atoms with Gasteiger partial charge in [0.25, 0.3) is 0 Å². The lowest BCUT2D eigenvalue weighted by Crippen LogP contribution is -2.53. The predicted molar refractivity (Wildman–Crippen MR) is 67.1 cm³/mol. The highest BCUT2D eigenvalue weighted by Gasteiger charge is 2.43. The number of ether oxygens (including phenoxy) is 1. The second kappa shape index (κ2) is 4.44. The van der Waals surface area contributed by atoms with E-state index >= 15 is 0 Å². The normalized spacial score (nSPS) is 28.4. The molecular weight excluding hydrogens is 232 g/mol. The average molecular weight is 254 g/mol. The summed E-state index contributed by atoms with van der Waals surface area (Å²) in [5.41, 5.74) is -0.672. The van der Waals surface area contributed by atoms with Gasteiger partial charge in [-0.15, -0.1) is 0 Å². The molecule has 2 saturated heterocycles.